The first-order valence-electron chi connectivity index (χ1n) is 6.53. The van der Waals surface area contributed by atoms with Gasteiger partial charge in [0.25, 0.3) is 0 Å². The number of nitrogens with zero attached hydrogens (tertiary/aromatic N) is 1. The monoisotopic (exact) mass is 261 g/mol. The lowest BCUT2D eigenvalue weighted by molar-refractivity contribution is -0.131. The molecule has 0 aromatic heterocycles. The minimum absolute atomic E-state index is 0.245. The Bertz CT molecular complexity index is 453. The number of hydrogen-bond acceptors (Lipinski definition) is 3. The van der Waals surface area contributed by atoms with E-state index in [0.29, 0.717) is 0 Å². The quantitative estimate of drug-likeness (QED) is 0.849. The Morgan fingerprint density at radius 1 is 1.42 bits per heavy atom. The van der Waals surface area contributed by atoms with Gasteiger partial charge < -0.3 is 14.7 Å². The molecule has 1 saturated heterocycles. The van der Waals surface area contributed by atoms with Crippen molar-refractivity contribution in [1.29, 1.82) is 0 Å². The molecule has 1 N–H and O–H groups in total. The number of hydrogen-bond donors (Lipinski definition) is 1. The van der Waals surface area contributed by atoms with E-state index in [4.69, 9.17) is 9.84 Å². The molecule has 1 aromatic rings. The van der Waals surface area contributed by atoms with Gasteiger partial charge in [-0.1, -0.05) is 12.1 Å². The zero-order chi connectivity index (χ0) is 13.7. The average Bonchev–Trinajstić information content (AvgIpc) is 2.62. The van der Waals surface area contributed by atoms with Crippen molar-refractivity contribution in [2.45, 2.75) is 19.4 Å². The summed E-state index contributed by atoms with van der Waals surface area (Å²) in [4.78, 5) is 12.8. The van der Waals surface area contributed by atoms with Crippen molar-refractivity contribution in [2.24, 2.45) is 0 Å². The highest BCUT2D eigenvalue weighted by molar-refractivity contribution is 5.85. The van der Waals surface area contributed by atoms with E-state index in [1.807, 2.05) is 24.3 Å². The fourth-order valence-electron chi connectivity index (χ4n) is 2.19. The number of anilines is 1. The van der Waals surface area contributed by atoms with E-state index in [-0.39, 0.29) is 6.10 Å². The molecule has 1 aliphatic heterocycles. The standard InChI is InChI=1S/C15H19NO3/c1-12-11-16(9-2-10-19-12)14-6-3-13(4-7-14)5-8-15(17)18/h3-8,12H,2,9-11H2,1H3,(H,17,18). The molecule has 0 radical (unpaired) electrons. The van der Waals surface area contributed by atoms with Crippen LogP contribution in [0.1, 0.15) is 18.9 Å². The summed E-state index contributed by atoms with van der Waals surface area (Å²) < 4.78 is 5.63. The van der Waals surface area contributed by atoms with Crippen LogP contribution in [0.4, 0.5) is 5.69 Å². The van der Waals surface area contributed by atoms with Crippen molar-refractivity contribution in [3.63, 3.8) is 0 Å². The topological polar surface area (TPSA) is 49.8 Å². The smallest absolute Gasteiger partial charge is 0.328 e. The Balaban J connectivity index is 2.06. The first-order valence-corrected chi connectivity index (χ1v) is 6.53. The summed E-state index contributed by atoms with van der Waals surface area (Å²) in [6, 6.07) is 7.93. The highest BCUT2D eigenvalue weighted by atomic mass is 16.5. The number of carbonyl (C=O) groups is 1. The normalized spacial score (nSPS) is 20.5. The molecule has 0 bridgehead atoms. The second kappa shape index (κ2) is 6.38. The molecule has 102 valence electrons. The molecule has 4 nitrogen and oxygen atoms in total. The molecule has 2 rings (SSSR count). The summed E-state index contributed by atoms with van der Waals surface area (Å²) >= 11 is 0. The van der Waals surface area contributed by atoms with Gasteiger partial charge >= 0.3 is 5.97 Å². The van der Waals surface area contributed by atoms with Crippen molar-refractivity contribution < 1.29 is 14.6 Å². The van der Waals surface area contributed by atoms with Crippen LogP contribution in [0, 0.1) is 0 Å². The zero-order valence-corrected chi connectivity index (χ0v) is 11.1. The minimum Gasteiger partial charge on any atom is -0.478 e. The lowest BCUT2D eigenvalue weighted by atomic mass is 10.1. The molecular weight excluding hydrogens is 242 g/mol. The second-order valence-corrected chi connectivity index (χ2v) is 4.74. The Hall–Kier alpha value is -1.81. The fraction of sp³-hybridized carbons (Fsp3) is 0.400. The van der Waals surface area contributed by atoms with E-state index in [1.165, 1.54) is 0 Å². The van der Waals surface area contributed by atoms with Gasteiger partial charge in [-0.25, -0.2) is 4.79 Å². The number of benzene rings is 1. The molecule has 1 atom stereocenters. The number of carboxylic acids is 1. The third-order valence-corrected chi connectivity index (χ3v) is 3.13. The van der Waals surface area contributed by atoms with Crippen LogP contribution in [0.2, 0.25) is 0 Å². The Morgan fingerprint density at radius 2 is 2.16 bits per heavy atom. The predicted molar refractivity (Wildman–Crippen MR) is 75.4 cm³/mol. The lowest BCUT2D eigenvalue weighted by Crippen LogP contribution is -2.29. The van der Waals surface area contributed by atoms with E-state index in [1.54, 1.807) is 6.08 Å². The zero-order valence-electron chi connectivity index (χ0n) is 11.1. The van der Waals surface area contributed by atoms with Gasteiger partial charge in [-0.3, -0.25) is 0 Å². The number of ether oxygens (including phenoxy) is 1. The van der Waals surface area contributed by atoms with Crippen LogP contribution in [0.3, 0.4) is 0 Å². The first-order chi connectivity index (χ1) is 9.15. The van der Waals surface area contributed by atoms with Crippen molar-refractivity contribution in [2.75, 3.05) is 24.6 Å². The first kappa shape index (κ1) is 13.6. The van der Waals surface area contributed by atoms with Gasteiger partial charge in [-0.2, -0.15) is 0 Å². The van der Waals surface area contributed by atoms with E-state index in [9.17, 15) is 4.79 Å². The second-order valence-electron chi connectivity index (χ2n) is 4.74. The Morgan fingerprint density at radius 3 is 2.84 bits per heavy atom. The Kier molecular flexibility index (Phi) is 4.58. The fourth-order valence-corrected chi connectivity index (χ4v) is 2.19. The highest BCUT2D eigenvalue weighted by Crippen LogP contribution is 2.19. The van der Waals surface area contributed by atoms with Crippen LogP contribution in [0.5, 0.6) is 0 Å². The summed E-state index contributed by atoms with van der Waals surface area (Å²) in [7, 11) is 0. The SMILES string of the molecule is CC1CN(c2ccc(C=CC(=O)O)cc2)CCCO1. The van der Waals surface area contributed by atoms with Crippen LogP contribution in [-0.2, 0) is 9.53 Å². The maximum Gasteiger partial charge on any atom is 0.328 e. The largest absolute Gasteiger partial charge is 0.478 e. The molecule has 19 heavy (non-hydrogen) atoms. The number of aliphatic carboxylic acids is 1. The molecule has 1 unspecified atom stereocenters. The van der Waals surface area contributed by atoms with Gasteiger partial charge in [0.2, 0.25) is 0 Å². The number of rotatable bonds is 3. The maximum atomic E-state index is 10.5. The van der Waals surface area contributed by atoms with Gasteiger partial charge in [0.15, 0.2) is 0 Å². The third kappa shape index (κ3) is 4.10. The molecule has 1 heterocycles. The van der Waals surface area contributed by atoms with Gasteiger partial charge in [-0.05, 0) is 37.1 Å². The van der Waals surface area contributed by atoms with E-state index in [2.05, 4.69) is 11.8 Å². The van der Waals surface area contributed by atoms with Crippen LogP contribution in [0.15, 0.2) is 30.3 Å². The summed E-state index contributed by atoms with van der Waals surface area (Å²) in [6.07, 6.45) is 4.02. The molecule has 4 heteroatoms. The Labute approximate surface area is 113 Å². The average molecular weight is 261 g/mol. The molecule has 0 saturated carbocycles. The van der Waals surface area contributed by atoms with Crippen molar-refractivity contribution in [3.05, 3.63) is 35.9 Å². The van der Waals surface area contributed by atoms with Gasteiger partial charge in [0, 0.05) is 31.5 Å². The molecule has 0 spiro atoms. The third-order valence-electron chi connectivity index (χ3n) is 3.13. The van der Waals surface area contributed by atoms with E-state index in [0.717, 1.165) is 43.4 Å². The molecular formula is C15H19NO3. The van der Waals surface area contributed by atoms with Gasteiger partial charge in [0.1, 0.15) is 0 Å². The van der Waals surface area contributed by atoms with Crippen LogP contribution >= 0.6 is 0 Å². The van der Waals surface area contributed by atoms with Crippen LogP contribution in [-0.4, -0.2) is 36.9 Å². The molecule has 0 aliphatic carbocycles. The van der Waals surface area contributed by atoms with E-state index >= 15 is 0 Å². The van der Waals surface area contributed by atoms with Crippen LogP contribution in [0.25, 0.3) is 6.08 Å². The highest BCUT2D eigenvalue weighted by Gasteiger charge is 2.14. The van der Waals surface area contributed by atoms with Crippen molar-refractivity contribution in [1.82, 2.24) is 0 Å². The van der Waals surface area contributed by atoms with Crippen LogP contribution < -0.4 is 4.90 Å². The minimum atomic E-state index is -0.928. The summed E-state index contributed by atoms with van der Waals surface area (Å²) in [5.41, 5.74) is 2.05. The van der Waals surface area contributed by atoms with Crippen molar-refractivity contribution in [3.8, 4) is 0 Å². The summed E-state index contributed by atoms with van der Waals surface area (Å²) in [5.74, 6) is -0.928. The molecule has 0 amide bonds. The van der Waals surface area contributed by atoms with Gasteiger partial charge in [-0.15, -0.1) is 0 Å². The van der Waals surface area contributed by atoms with E-state index < -0.39 is 5.97 Å². The molecule has 1 aromatic carbocycles. The molecule has 1 fully saturated rings. The summed E-state index contributed by atoms with van der Waals surface area (Å²) in [5, 5.41) is 8.58. The number of carboxylic acid groups (broad SMARTS) is 1. The summed E-state index contributed by atoms with van der Waals surface area (Å²) in [6.45, 7) is 4.79. The predicted octanol–water partition coefficient (Wildman–Crippen LogP) is 2.40. The maximum absolute atomic E-state index is 10.5. The van der Waals surface area contributed by atoms with Gasteiger partial charge in [0.05, 0.1) is 6.10 Å². The molecule has 1 aliphatic rings. The lowest BCUT2D eigenvalue weighted by Gasteiger charge is -2.24. The van der Waals surface area contributed by atoms with Crippen molar-refractivity contribution >= 4 is 17.7 Å².